The predicted molar refractivity (Wildman–Crippen MR) is 340 cm³/mol. The van der Waals surface area contributed by atoms with Crippen molar-refractivity contribution in [1.29, 1.82) is 0 Å². The van der Waals surface area contributed by atoms with Crippen LogP contribution in [0.15, 0.2) is 0 Å². The van der Waals surface area contributed by atoms with Crippen molar-refractivity contribution in [3.63, 3.8) is 0 Å². The van der Waals surface area contributed by atoms with Gasteiger partial charge in [0.15, 0.2) is 0 Å². The van der Waals surface area contributed by atoms with Crippen molar-refractivity contribution in [2.45, 2.75) is 258 Å². The molecule has 1 aliphatic rings. The van der Waals surface area contributed by atoms with Gasteiger partial charge in [-0.1, -0.05) is 126 Å². The van der Waals surface area contributed by atoms with Crippen LogP contribution in [0.25, 0.3) is 0 Å². The number of nitrogens with zero attached hydrogens (tertiary/aromatic N) is 4. The maximum atomic E-state index is 12.9. The third-order valence-corrected chi connectivity index (χ3v) is 17.6. The maximum Gasteiger partial charge on any atom is 0.305 e. The van der Waals surface area contributed by atoms with Crippen LogP contribution in [0.3, 0.4) is 0 Å². The summed E-state index contributed by atoms with van der Waals surface area (Å²) >= 11 is 0. The highest BCUT2D eigenvalue weighted by Gasteiger charge is 2.21. The molecule has 0 spiro atoms. The minimum Gasteiger partial charge on any atom is -0.466 e. The van der Waals surface area contributed by atoms with Gasteiger partial charge in [0.2, 0.25) is 0 Å². The van der Waals surface area contributed by atoms with Gasteiger partial charge in [0.25, 0.3) is 0 Å². The Morgan fingerprint density at radius 1 is 0.357 bits per heavy atom. The number of unbranched alkanes of at least 4 members (excludes halogenated alkanes) is 13. The van der Waals surface area contributed by atoms with Gasteiger partial charge in [-0.3, -0.25) is 43.6 Å². The van der Waals surface area contributed by atoms with Gasteiger partial charge in [0, 0.05) is 109 Å². The number of rotatable bonds is 60. The fourth-order valence-corrected chi connectivity index (χ4v) is 12.0. The van der Waals surface area contributed by atoms with Gasteiger partial charge in [-0.05, 0) is 109 Å². The third-order valence-electron chi connectivity index (χ3n) is 15.1. The second-order valence-electron chi connectivity index (χ2n) is 23.2. The van der Waals surface area contributed by atoms with Crippen LogP contribution >= 0.6 is 21.6 Å². The molecule has 0 saturated carbocycles. The molecule has 1 aliphatic heterocycles. The number of aliphatic hydroxyl groups is 4. The largest absolute Gasteiger partial charge is 0.466 e. The zero-order chi connectivity index (χ0) is 61.5. The highest BCUT2D eigenvalue weighted by atomic mass is 33.1. The van der Waals surface area contributed by atoms with Crippen molar-refractivity contribution in [2.24, 2.45) is 0 Å². The zero-order valence-electron chi connectivity index (χ0n) is 53.3. The van der Waals surface area contributed by atoms with Crippen LogP contribution in [0.1, 0.15) is 233 Å². The lowest BCUT2D eigenvalue weighted by atomic mass is 10.1. The molecule has 20 heteroatoms. The Labute approximate surface area is 517 Å². The molecule has 1 rings (SSSR count). The Morgan fingerprint density at radius 2 is 0.655 bits per heavy atom. The monoisotopic (exact) mass is 1230 g/mol. The van der Waals surface area contributed by atoms with Crippen molar-refractivity contribution in [2.75, 3.05) is 123 Å². The van der Waals surface area contributed by atoms with Crippen molar-refractivity contribution in [3.05, 3.63) is 0 Å². The first-order valence-electron chi connectivity index (χ1n) is 33.4. The van der Waals surface area contributed by atoms with E-state index < -0.39 is 24.4 Å². The van der Waals surface area contributed by atoms with Crippen LogP contribution in [0.4, 0.5) is 0 Å². The molecule has 84 heavy (non-hydrogen) atoms. The summed E-state index contributed by atoms with van der Waals surface area (Å²) in [5, 5.41) is 43.9. The van der Waals surface area contributed by atoms with E-state index in [9.17, 15) is 44.4 Å². The molecule has 4 N–H and O–H groups in total. The van der Waals surface area contributed by atoms with E-state index in [1.165, 1.54) is 0 Å². The number of piperazine rings is 1. The fraction of sp³-hybridized carbons (Fsp3) is 0.922. The zero-order valence-corrected chi connectivity index (χ0v) is 55.0. The number of hydrogen-bond acceptors (Lipinski definition) is 20. The SMILES string of the molecule is CCCCOC(=O)CCCCCCC(O)CN(CCCC(=O)OCCN1CCN(CCSSCCCCN(CC(O)CCCCC(=O)OCCCC)CC(O)CCCCC(=O)OCCCC)CC1)CC(O)CCCCCCC(=O)OCCCC. The van der Waals surface area contributed by atoms with E-state index >= 15 is 0 Å². The molecular formula is C64H122N4O14S2. The van der Waals surface area contributed by atoms with E-state index in [1.807, 2.05) is 21.6 Å². The van der Waals surface area contributed by atoms with Crippen LogP contribution in [-0.2, 0) is 47.7 Å². The lowest BCUT2D eigenvalue weighted by molar-refractivity contribution is -0.145. The van der Waals surface area contributed by atoms with Crippen molar-refractivity contribution in [1.82, 2.24) is 19.6 Å². The summed E-state index contributed by atoms with van der Waals surface area (Å²) in [5.74, 6) is 1.19. The van der Waals surface area contributed by atoms with E-state index in [1.54, 1.807) is 0 Å². The fourth-order valence-electron chi connectivity index (χ4n) is 9.81. The first-order chi connectivity index (χ1) is 40.8. The number of esters is 5. The topological polar surface area (TPSA) is 225 Å². The van der Waals surface area contributed by atoms with Gasteiger partial charge in [-0.25, -0.2) is 0 Å². The molecule has 0 radical (unpaired) electrons. The van der Waals surface area contributed by atoms with Gasteiger partial charge in [-0.15, -0.1) is 0 Å². The lowest BCUT2D eigenvalue weighted by Crippen LogP contribution is -2.47. The molecule has 0 aromatic heterocycles. The molecule has 1 fully saturated rings. The molecule has 0 amide bonds. The Hall–Kier alpha value is -2.27. The van der Waals surface area contributed by atoms with E-state index in [2.05, 4.69) is 47.3 Å². The van der Waals surface area contributed by atoms with Crippen molar-refractivity contribution in [3.8, 4) is 0 Å². The number of hydrogen-bond donors (Lipinski definition) is 4. The highest BCUT2D eigenvalue weighted by molar-refractivity contribution is 8.76. The molecule has 0 aromatic rings. The second-order valence-corrected chi connectivity index (χ2v) is 25.9. The predicted octanol–water partition coefficient (Wildman–Crippen LogP) is 10.3. The minimum atomic E-state index is -0.564. The number of aliphatic hydroxyl groups excluding tert-OH is 4. The number of carbonyl (C=O) groups is 5. The average molecular weight is 1240 g/mol. The third kappa shape index (κ3) is 50.7. The van der Waals surface area contributed by atoms with Gasteiger partial charge in [0.1, 0.15) is 6.61 Å². The summed E-state index contributed by atoms with van der Waals surface area (Å²) in [4.78, 5) is 69.8. The van der Waals surface area contributed by atoms with Crippen molar-refractivity contribution >= 4 is 51.4 Å². The molecule has 494 valence electrons. The molecule has 4 unspecified atom stereocenters. The first kappa shape index (κ1) is 79.7. The summed E-state index contributed by atoms with van der Waals surface area (Å²) in [7, 11) is 3.80. The minimum absolute atomic E-state index is 0.140. The summed E-state index contributed by atoms with van der Waals surface area (Å²) in [6, 6.07) is 0. The van der Waals surface area contributed by atoms with E-state index in [-0.39, 0.29) is 36.3 Å². The number of ether oxygens (including phenoxy) is 5. The molecule has 1 saturated heterocycles. The highest BCUT2D eigenvalue weighted by Crippen LogP contribution is 2.23. The molecule has 0 aromatic carbocycles. The molecule has 1 heterocycles. The standard InChI is InChI=1S/C64H122N4O14S2/c1-5-9-45-78-60(73)32-19-15-13-17-28-56(69)54-68(55-57(70)29-18-14-16-20-33-61(74)79-46-10-6-2)38-27-36-64(77)82-49-43-65-39-41-66(42-40-65)44-51-84-83-50-26-25-37-67(52-58(71)30-21-23-34-62(75)80-47-11-7-3)53-59(72)31-22-24-35-63(76)81-48-12-8-4/h56-59,69-72H,5-55H2,1-4H3. The van der Waals surface area contributed by atoms with Crippen LogP contribution in [0, 0.1) is 0 Å². The average Bonchev–Trinajstić information content (AvgIpc) is 3.53. The Balaban J connectivity index is 2.43. The van der Waals surface area contributed by atoms with E-state index in [0.717, 1.165) is 179 Å². The van der Waals surface area contributed by atoms with Crippen LogP contribution in [0.2, 0.25) is 0 Å². The molecule has 0 aliphatic carbocycles. The Morgan fingerprint density at radius 3 is 1.04 bits per heavy atom. The van der Waals surface area contributed by atoms with E-state index in [0.29, 0.717) is 143 Å². The van der Waals surface area contributed by atoms with E-state index in [4.69, 9.17) is 23.7 Å². The van der Waals surface area contributed by atoms with Crippen molar-refractivity contribution < 1.29 is 68.1 Å². The second kappa shape index (κ2) is 57.2. The van der Waals surface area contributed by atoms with Gasteiger partial charge < -0.3 is 44.1 Å². The lowest BCUT2D eigenvalue weighted by Gasteiger charge is -2.34. The number of carbonyl (C=O) groups excluding carboxylic acids is 5. The van der Waals surface area contributed by atoms with Gasteiger partial charge >= 0.3 is 29.8 Å². The van der Waals surface area contributed by atoms with Gasteiger partial charge in [0.05, 0.1) is 50.8 Å². The summed E-state index contributed by atoms with van der Waals surface area (Å²) in [6.07, 6.45) is 21.8. The van der Waals surface area contributed by atoms with Crippen LogP contribution < -0.4 is 0 Å². The molecule has 0 bridgehead atoms. The molecule has 4 atom stereocenters. The van der Waals surface area contributed by atoms with Gasteiger partial charge in [-0.2, -0.15) is 0 Å². The summed E-state index contributed by atoms with van der Waals surface area (Å²) in [5.41, 5.74) is 0. The smallest absolute Gasteiger partial charge is 0.305 e. The normalized spacial score (nSPS) is 14.6. The molecule has 18 nitrogen and oxygen atoms in total. The summed E-state index contributed by atoms with van der Waals surface area (Å²) < 4.78 is 26.7. The van der Waals surface area contributed by atoms with Crippen LogP contribution in [0.5, 0.6) is 0 Å². The maximum absolute atomic E-state index is 12.9. The Kier molecular flexibility index (Phi) is 54.3. The quantitative estimate of drug-likeness (QED) is 0.0192. The first-order valence-corrected chi connectivity index (χ1v) is 35.9. The molecular weight excluding hydrogens is 1110 g/mol. The summed E-state index contributed by atoms with van der Waals surface area (Å²) in [6.45, 7) is 19.1. The Bertz CT molecular complexity index is 1510. The van der Waals surface area contributed by atoms with Crippen LogP contribution in [-0.4, -0.2) is 217 Å².